The van der Waals surface area contributed by atoms with E-state index in [0.717, 1.165) is 5.95 Å². The van der Waals surface area contributed by atoms with E-state index in [1.54, 1.807) is 0 Å². The van der Waals surface area contributed by atoms with Gasteiger partial charge in [-0.1, -0.05) is 197 Å². The molecule has 15 nitrogen and oxygen atoms in total. The van der Waals surface area contributed by atoms with Crippen LogP contribution in [-0.4, -0.2) is 58.1 Å². The minimum absolute atomic E-state index is 0.374. The Morgan fingerprint density at radius 3 is 0.807 bits per heavy atom. The average Bonchev–Trinajstić information content (AvgIpc) is 1.60. The first-order valence-corrected chi connectivity index (χ1v) is 41.8. The minimum Gasteiger partial charge on any atom is -0.238 e. The van der Waals surface area contributed by atoms with Gasteiger partial charge in [0.25, 0.3) is 0 Å². The maximum atomic E-state index is 2.35. The van der Waals surface area contributed by atoms with Gasteiger partial charge in [0.2, 0.25) is 0 Å². The fourth-order valence-electron chi connectivity index (χ4n) is 15.5. The highest BCUT2D eigenvalue weighted by Crippen LogP contribution is 2.38. The molecule has 0 N–H and O–H groups in total. The molecule has 608 valence electrons. The lowest BCUT2D eigenvalue weighted by atomic mass is 10.0. The number of hydrogen-bond donors (Lipinski definition) is 0. The van der Waals surface area contributed by atoms with Crippen molar-refractivity contribution in [1.82, 2.24) is 22.8 Å². The van der Waals surface area contributed by atoms with E-state index in [-0.39, 0.29) is 0 Å². The molecule has 0 radical (unpaired) electrons. The first-order valence-electron chi connectivity index (χ1n) is 41.8. The molecule has 0 spiro atoms. The van der Waals surface area contributed by atoms with Crippen molar-refractivity contribution in [3.05, 3.63) is 271 Å². The Bertz CT molecular complexity index is 4830. The third-order valence-electron chi connectivity index (χ3n) is 21.6. The molecule has 0 unspecified atom stereocenters. The number of aryl methyl sites for hydroxylation is 4. The molecule has 0 bridgehead atoms. The number of imidazole rings is 5. The van der Waals surface area contributed by atoms with Crippen molar-refractivity contribution < 1.29 is 22.8 Å². The summed E-state index contributed by atoms with van der Waals surface area (Å²) in [7, 11) is 15.0. The highest BCUT2D eigenvalue weighted by atomic mass is 15.4. The van der Waals surface area contributed by atoms with Gasteiger partial charge in [-0.15, -0.1) is 0 Å². The molecule has 5 aromatic heterocycles. The van der Waals surface area contributed by atoms with Crippen LogP contribution < -0.4 is 47.3 Å². The predicted molar refractivity (Wildman–Crippen MR) is 483 cm³/mol. The van der Waals surface area contributed by atoms with E-state index in [1.165, 1.54) is 103 Å². The Morgan fingerprint density at radius 1 is 0.254 bits per heavy atom. The Hall–Kier alpha value is -10.4. The second-order valence-corrected chi connectivity index (χ2v) is 33.9. The largest absolute Gasteiger partial charge is 0.369 e. The lowest BCUT2D eigenvalue weighted by molar-refractivity contribution is -0.703. The topological polar surface area (TPSA) is 60.3 Å². The van der Waals surface area contributed by atoms with Gasteiger partial charge in [0.15, 0.2) is 0 Å². The monoisotopic (exact) mass is 1540 g/mol. The summed E-state index contributed by atoms with van der Waals surface area (Å²) >= 11 is 0. The van der Waals surface area contributed by atoms with Crippen LogP contribution in [0.5, 0.6) is 0 Å². The molecule has 7 aromatic carbocycles. The second-order valence-electron chi connectivity index (χ2n) is 33.9. The molecule has 0 atom stereocenters. The molecule has 0 aliphatic heterocycles. The minimum atomic E-state index is 0.374. The fraction of sp³-hybridized carbons (Fsp3) is 0.424. The maximum absolute atomic E-state index is 2.35. The number of hydrogen-bond acceptors (Lipinski definition) is 5. The molecule has 15 heteroatoms. The average molecular weight is 1540 g/mol. The third kappa shape index (κ3) is 20.6. The molecule has 0 saturated carbocycles. The van der Waals surface area contributed by atoms with Gasteiger partial charge < -0.3 is 0 Å². The third-order valence-corrected chi connectivity index (χ3v) is 21.6. The van der Waals surface area contributed by atoms with Crippen LogP contribution in [0.3, 0.4) is 0 Å². The Kier molecular flexibility index (Phi) is 31.3. The molecule has 0 saturated heterocycles. The Labute approximate surface area is 687 Å². The Balaban J connectivity index is 0.000000179. The van der Waals surface area contributed by atoms with Crippen molar-refractivity contribution >= 4 is 58.2 Å². The van der Waals surface area contributed by atoms with Gasteiger partial charge >= 0.3 is 29.7 Å². The molecular formula is C99H142N15+5. The van der Waals surface area contributed by atoms with E-state index < -0.39 is 0 Å². The van der Waals surface area contributed by atoms with Crippen LogP contribution >= 0.6 is 0 Å². The summed E-state index contributed by atoms with van der Waals surface area (Å²) in [6.07, 6.45) is 21.6. The summed E-state index contributed by atoms with van der Waals surface area (Å²) in [5.74, 6) is 8.46. The molecule has 114 heavy (non-hydrogen) atoms. The van der Waals surface area contributed by atoms with Gasteiger partial charge in [-0.05, 0) is 208 Å². The van der Waals surface area contributed by atoms with Crippen LogP contribution in [0.2, 0.25) is 0 Å². The quantitative estimate of drug-likeness (QED) is 0.0597. The van der Waals surface area contributed by atoms with Crippen LogP contribution in [0.1, 0.15) is 257 Å². The van der Waals surface area contributed by atoms with Crippen molar-refractivity contribution in [3.8, 4) is 11.4 Å². The first kappa shape index (κ1) is 89.1. The zero-order chi connectivity index (χ0) is 83.9. The van der Waals surface area contributed by atoms with E-state index in [2.05, 4.69) is 518 Å². The maximum Gasteiger partial charge on any atom is 0.369 e. The van der Waals surface area contributed by atoms with E-state index in [1.807, 2.05) is 0 Å². The van der Waals surface area contributed by atoms with Gasteiger partial charge in [0.05, 0.1) is 135 Å². The molecule has 0 amide bonds. The SMILES string of the molecule is CC(C)c1ccccc1N(C)c1n(-c2ccccc2)cc[n+]1C(C)C.CC(C)c1ccccc1N(C)c1n(C(C)C)cc[n+]1C.CC(C)c1ccccc1N(C)c1n(C(C)C)cc[n+]1C.CC(C)c1ccccc1N(C)c1n(C(C)C)cc[n+]1C(C)C.Cc1cccc(C)c1-n1cc[n+](C(C)C)c1N(C)c1ccccc1C(C)C. The number of nitrogens with zero attached hydrogens (tertiary/aromatic N) is 15. The van der Waals surface area contributed by atoms with Crippen LogP contribution in [0.15, 0.2) is 232 Å². The lowest BCUT2D eigenvalue weighted by Crippen LogP contribution is -2.41. The number of benzene rings is 7. The van der Waals surface area contributed by atoms with Crippen molar-refractivity contribution in [2.24, 2.45) is 14.1 Å². The molecular weight excluding hydrogens is 1400 g/mol. The van der Waals surface area contributed by atoms with E-state index in [9.17, 15) is 0 Å². The van der Waals surface area contributed by atoms with Gasteiger partial charge in [-0.25, -0.2) is 70.2 Å². The van der Waals surface area contributed by atoms with Gasteiger partial charge in [-0.2, -0.15) is 0 Å². The van der Waals surface area contributed by atoms with Gasteiger partial charge in [0, 0.05) is 0 Å². The van der Waals surface area contributed by atoms with Crippen molar-refractivity contribution in [2.45, 2.75) is 232 Å². The second kappa shape index (κ2) is 40.1. The van der Waals surface area contributed by atoms with Crippen LogP contribution in [0.25, 0.3) is 11.4 Å². The van der Waals surface area contributed by atoms with Crippen molar-refractivity contribution in [3.63, 3.8) is 0 Å². The van der Waals surface area contributed by atoms with E-state index in [4.69, 9.17) is 0 Å². The van der Waals surface area contributed by atoms with Crippen LogP contribution in [0, 0.1) is 13.8 Å². The molecule has 0 aliphatic rings. The van der Waals surface area contributed by atoms with Crippen molar-refractivity contribution in [2.75, 3.05) is 59.7 Å². The summed E-state index contributed by atoms with van der Waals surface area (Å²) in [6, 6.07) is 63.0. The highest BCUT2D eigenvalue weighted by Gasteiger charge is 2.33. The van der Waals surface area contributed by atoms with Gasteiger partial charge in [-0.3, -0.25) is 0 Å². The molecule has 0 fully saturated rings. The number of anilines is 10. The Morgan fingerprint density at radius 2 is 0.500 bits per heavy atom. The summed E-state index contributed by atoms with van der Waals surface area (Å²) in [6.45, 7) is 53.6. The molecule has 12 aromatic rings. The van der Waals surface area contributed by atoms with Crippen LogP contribution in [-0.2, 0) is 14.1 Å². The van der Waals surface area contributed by atoms with E-state index >= 15 is 0 Å². The number of para-hydroxylation sites is 7. The highest BCUT2D eigenvalue weighted by molar-refractivity contribution is 5.67. The number of aromatic nitrogens is 10. The van der Waals surface area contributed by atoms with Gasteiger partial charge in [0.1, 0.15) is 52.2 Å². The normalized spacial score (nSPS) is 11.5. The summed E-state index contributed by atoms with van der Waals surface area (Å²) in [4.78, 5) is 11.5. The standard InChI is InChI=1S/C24H32N3.C22H28N3.C19H30N3.2C17H26N3/c1-17(2)21-13-8-9-14-22(21)25(7)24-26(18(3)4)15-16-27(24)23-19(5)11-10-12-20(23)6;1-17(2)20-13-9-10-14-21(20)23(5)22-24(18(3)4)15-16-25(22)19-11-7-6-8-12-19;1-14(2)17-10-8-9-11-18(17)20(7)19-21(15(3)4)12-13-22(19)16(5)6;2*1-13(2)15-9-7-8-10-16(15)19(6)17-18(5)11-12-20(17)14(3)4/h8-18H,1-7H3;6-18H,1-5H3;8-16H,1-7H3;2*7-14H,1-6H3/q5*+1. The number of rotatable bonds is 23. The lowest BCUT2D eigenvalue weighted by Gasteiger charge is -2.22. The van der Waals surface area contributed by atoms with Crippen LogP contribution in [0.4, 0.5) is 58.2 Å². The first-order chi connectivity index (χ1) is 54.0. The van der Waals surface area contributed by atoms with Crippen molar-refractivity contribution in [1.29, 1.82) is 0 Å². The summed E-state index contributed by atoms with van der Waals surface area (Å²) in [5.41, 5.74) is 18.2. The van der Waals surface area contributed by atoms with E-state index in [0.29, 0.717) is 65.8 Å². The molecule has 0 aliphatic carbocycles. The molecule has 12 rings (SSSR count). The fourth-order valence-corrected chi connectivity index (χ4v) is 15.5. The predicted octanol–water partition coefficient (Wildman–Crippen LogP) is 23.5. The smallest absolute Gasteiger partial charge is 0.238 e. The summed E-state index contributed by atoms with van der Waals surface area (Å²) in [5, 5.41) is 0. The summed E-state index contributed by atoms with van der Waals surface area (Å²) < 4.78 is 22.9. The zero-order valence-electron chi connectivity index (χ0n) is 75.5. The molecule has 5 heterocycles. The zero-order valence-corrected chi connectivity index (χ0v) is 75.5.